The molecule has 0 saturated heterocycles. The van der Waals surface area contributed by atoms with Crippen LogP contribution in [0.5, 0.6) is 0 Å². The molecule has 0 unspecified atom stereocenters. The monoisotopic (exact) mass is 237 g/mol. The molecule has 0 amide bonds. The maximum Gasteiger partial charge on any atom is 0.187 e. The molecule has 1 saturated carbocycles. The van der Waals surface area contributed by atoms with Gasteiger partial charge in [-0.25, -0.2) is 9.97 Å². The number of hydrogen-bond donors (Lipinski definition) is 1. The van der Waals surface area contributed by atoms with Crippen LogP contribution < -0.4 is 5.32 Å². The van der Waals surface area contributed by atoms with Crippen molar-refractivity contribution < 1.29 is 0 Å². The van der Waals surface area contributed by atoms with Crippen LogP contribution in [-0.2, 0) is 6.54 Å². The highest BCUT2D eigenvalue weighted by Gasteiger charge is 2.15. The van der Waals surface area contributed by atoms with Crippen LogP contribution in [0, 0.1) is 0 Å². The summed E-state index contributed by atoms with van der Waals surface area (Å²) in [5, 5.41) is 4.77. The lowest BCUT2D eigenvalue weighted by Gasteiger charge is -2.19. The maximum absolute atomic E-state index is 4.40. The number of aromatic nitrogens is 2. The van der Waals surface area contributed by atoms with Crippen molar-refractivity contribution in [1.82, 2.24) is 15.3 Å². The van der Waals surface area contributed by atoms with Gasteiger partial charge in [0.2, 0.25) is 0 Å². The van der Waals surface area contributed by atoms with Crippen LogP contribution in [0.15, 0.2) is 17.6 Å². The molecule has 0 bridgehead atoms. The lowest BCUT2D eigenvalue weighted by Crippen LogP contribution is -2.09. The molecule has 0 aromatic carbocycles. The van der Waals surface area contributed by atoms with E-state index >= 15 is 0 Å². The number of nitrogens with zero attached hydrogens (tertiary/aromatic N) is 2. The Kier molecular flexibility index (Phi) is 4.60. The fourth-order valence-corrected chi connectivity index (χ4v) is 3.13. The number of thioether (sulfide) groups is 1. The fourth-order valence-electron chi connectivity index (χ4n) is 2.03. The zero-order valence-electron chi connectivity index (χ0n) is 9.78. The van der Waals surface area contributed by atoms with Crippen molar-refractivity contribution in [2.75, 3.05) is 7.05 Å². The summed E-state index contributed by atoms with van der Waals surface area (Å²) in [6.07, 6.45) is 10.6. The molecule has 4 heteroatoms. The van der Waals surface area contributed by atoms with Crippen LogP contribution >= 0.6 is 11.8 Å². The summed E-state index contributed by atoms with van der Waals surface area (Å²) >= 11 is 1.85. The molecule has 88 valence electrons. The molecule has 0 radical (unpaired) electrons. The van der Waals surface area contributed by atoms with E-state index in [1.54, 1.807) is 0 Å². The first-order chi connectivity index (χ1) is 7.88. The van der Waals surface area contributed by atoms with Gasteiger partial charge >= 0.3 is 0 Å². The van der Waals surface area contributed by atoms with Crippen molar-refractivity contribution in [3.05, 3.63) is 18.0 Å². The van der Waals surface area contributed by atoms with Gasteiger partial charge in [-0.15, -0.1) is 0 Å². The van der Waals surface area contributed by atoms with E-state index in [2.05, 4.69) is 15.3 Å². The first-order valence-corrected chi connectivity index (χ1v) is 6.88. The second-order valence-corrected chi connectivity index (χ2v) is 5.55. The molecule has 2 rings (SSSR count). The molecule has 1 aliphatic carbocycles. The number of nitrogens with one attached hydrogen (secondary N) is 1. The van der Waals surface area contributed by atoms with Crippen LogP contribution in [-0.4, -0.2) is 22.3 Å². The molecule has 1 aromatic heterocycles. The minimum Gasteiger partial charge on any atom is -0.316 e. The summed E-state index contributed by atoms with van der Waals surface area (Å²) in [4.78, 5) is 8.81. The van der Waals surface area contributed by atoms with Crippen molar-refractivity contribution in [3.63, 3.8) is 0 Å². The minimum atomic E-state index is 0.740. The van der Waals surface area contributed by atoms with E-state index in [0.29, 0.717) is 0 Å². The Morgan fingerprint density at radius 2 is 1.94 bits per heavy atom. The molecular formula is C12H19N3S. The van der Waals surface area contributed by atoms with Crippen molar-refractivity contribution in [2.45, 2.75) is 49.1 Å². The molecule has 1 heterocycles. The molecule has 1 aromatic rings. The topological polar surface area (TPSA) is 37.8 Å². The average Bonchev–Trinajstić information content (AvgIpc) is 2.33. The Hall–Kier alpha value is -0.610. The summed E-state index contributed by atoms with van der Waals surface area (Å²) < 4.78 is 0. The van der Waals surface area contributed by atoms with Gasteiger partial charge in [0.05, 0.1) is 0 Å². The summed E-state index contributed by atoms with van der Waals surface area (Å²) in [5.41, 5.74) is 1.15. The Balaban J connectivity index is 1.88. The Labute approximate surface area is 101 Å². The van der Waals surface area contributed by atoms with E-state index in [9.17, 15) is 0 Å². The molecule has 1 fully saturated rings. The van der Waals surface area contributed by atoms with E-state index in [1.807, 2.05) is 31.2 Å². The first kappa shape index (κ1) is 11.9. The third kappa shape index (κ3) is 3.46. The molecule has 0 aliphatic heterocycles. The fraction of sp³-hybridized carbons (Fsp3) is 0.667. The average molecular weight is 237 g/mol. The van der Waals surface area contributed by atoms with Gasteiger partial charge in [-0.3, -0.25) is 0 Å². The van der Waals surface area contributed by atoms with E-state index in [1.165, 1.54) is 32.1 Å². The molecule has 3 nitrogen and oxygen atoms in total. The Morgan fingerprint density at radius 1 is 1.25 bits per heavy atom. The van der Waals surface area contributed by atoms with Crippen molar-refractivity contribution in [1.29, 1.82) is 0 Å². The zero-order chi connectivity index (χ0) is 11.2. The third-order valence-electron chi connectivity index (χ3n) is 2.89. The Morgan fingerprint density at radius 3 is 2.56 bits per heavy atom. The highest BCUT2D eigenvalue weighted by molar-refractivity contribution is 7.99. The molecule has 0 atom stereocenters. The van der Waals surface area contributed by atoms with Crippen LogP contribution in [0.2, 0.25) is 0 Å². The summed E-state index contributed by atoms with van der Waals surface area (Å²) in [5.74, 6) is 0. The lowest BCUT2D eigenvalue weighted by molar-refractivity contribution is 0.515. The van der Waals surface area contributed by atoms with Gasteiger partial charge in [0.25, 0.3) is 0 Å². The highest BCUT2D eigenvalue weighted by Crippen LogP contribution is 2.31. The van der Waals surface area contributed by atoms with Gasteiger partial charge in [0, 0.05) is 29.8 Å². The highest BCUT2D eigenvalue weighted by atomic mass is 32.2. The van der Waals surface area contributed by atoms with Gasteiger partial charge < -0.3 is 5.32 Å². The zero-order valence-corrected chi connectivity index (χ0v) is 10.6. The van der Waals surface area contributed by atoms with Gasteiger partial charge in [0.15, 0.2) is 5.16 Å². The van der Waals surface area contributed by atoms with E-state index < -0.39 is 0 Å². The first-order valence-electron chi connectivity index (χ1n) is 6.00. The quantitative estimate of drug-likeness (QED) is 0.817. The van der Waals surface area contributed by atoms with Gasteiger partial charge in [-0.1, -0.05) is 31.0 Å². The third-order valence-corrected chi connectivity index (χ3v) is 4.11. The molecular weight excluding hydrogens is 218 g/mol. The predicted molar refractivity (Wildman–Crippen MR) is 67.5 cm³/mol. The SMILES string of the molecule is CNCc1cnc(SC2CCCCC2)nc1. The number of rotatable bonds is 4. The molecule has 1 N–H and O–H groups in total. The Bertz CT molecular complexity index is 307. The second kappa shape index (κ2) is 6.21. The normalized spacial score (nSPS) is 17.6. The maximum atomic E-state index is 4.40. The van der Waals surface area contributed by atoms with Crippen LogP contribution in [0.1, 0.15) is 37.7 Å². The van der Waals surface area contributed by atoms with Gasteiger partial charge in [-0.05, 0) is 19.9 Å². The summed E-state index contributed by atoms with van der Waals surface area (Å²) in [6, 6.07) is 0. The largest absolute Gasteiger partial charge is 0.316 e. The summed E-state index contributed by atoms with van der Waals surface area (Å²) in [7, 11) is 1.94. The van der Waals surface area contributed by atoms with E-state index in [0.717, 1.165) is 22.5 Å². The van der Waals surface area contributed by atoms with Gasteiger partial charge in [-0.2, -0.15) is 0 Å². The van der Waals surface area contributed by atoms with Crippen LogP contribution in [0.4, 0.5) is 0 Å². The van der Waals surface area contributed by atoms with E-state index in [-0.39, 0.29) is 0 Å². The summed E-state index contributed by atoms with van der Waals surface area (Å²) in [6.45, 7) is 0.842. The number of hydrogen-bond acceptors (Lipinski definition) is 4. The van der Waals surface area contributed by atoms with Gasteiger partial charge in [0.1, 0.15) is 0 Å². The molecule has 1 aliphatic rings. The van der Waals surface area contributed by atoms with E-state index in [4.69, 9.17) is 0 Å². The smallest absolute Gasteiger partial charge is 0.187 e. The van der Waals surface area contributed by atoms with Crippen LogP contribution in [0.25, 0.3) is 0 Å². The van der Waals surface area contributed by atoms with Crippen molar-refractivity contribution in [3.8, 4) is 0 Å². The predicted octanol–water partition coefficient (Wildman–Crippen LogP) is 2.62. The van der Waals surface area contributed by atoms with Crippen molar-refractivity contribution in [2.24, 2.45) is 0 Å². The molecule has 16 heavy (non-hydrogen) atoms. The standard InChI is InChI=1S/C12H19N3S/c1-13-7-10-8-14-12(15-9-10)16-11-5-3-2-4-6-11/h8-9,11,13H,2-7H2,1H3. The van der Waals surface area contributed by atoms with Crippen molar-refractivity contribution >= 4 is 11.8 Å². The molecule has 0 spiro atoms. The minimum absolute atomic E-state index is 0.740. The van der Waals surface area contributed by atoms with Crippen LogP contribution in [0.3, 0.4) is 0 Å². The second-order valence-electron chi connectivity index (χ2n) is 4.28. The lowest BCUT2D eigenvalue weighted by atomic mass is 10.0.